The van der Waals surface area contributed by atoms with Crippen LogP contribution >= 0.6 is 11.3 Å². The molecule has 0 bridgehead atoms. The Hall–Kier alpha value is -3.38. The molecule has 2 unspecified atom stereocenters. The highest BCUT2D eigenvalue weighted by Gasteiger charge is 2.38. The molecule has 37 heavy (non-hydrogen) atoms. The molecule has 9 nitrogen and oxygen atoms in total. The van der Waals surface area contributed by atoms with Gasteiger partial charge in [0.25, 0.3) is 5.91 Å². The summed E-state index contributed by atoms with van der Waals surface area (Å²) in [6.07, 6.45) is 2.44. The fourth-order valence-corrected chi connectivity index (χ4v) is 5.36. The number of fused-ring (bicyclic) bond motifs is 1. The first-order valence-electron chi connectivity index (χ1n) is 12.0. The molecule has 2 atom stereocenters. The van der Waals surface area contributed by atoms with Crippen LogP contribution < -0.4 is 15.2 Å². The van der Waals surface area contributed by atoms with Crippen molar-refractivity contribution in [3.63, 3.8) is 0 Å². The number of halogens is 2. The van der Waals surface area contributed by atoms with Crippen LogP contribution in [0.4, 0.5) is 8.78 Å². The summed E-state index contributed by atoms with van der Waals surface area (Å²) >= 11 is 1.10. The van der Waals surface area contributed by atoms with Gasteiger partial charge in [-0.05, 0) is 37.8 Å². The number of carbonyl (C=O) groups excluding carboxylic acids is 1. The zero-order chi connectivity index (χ0) is 26.9. The predicted octanol–water partition coefficient (Wildman–Crippen LogP) is 3.17. The van der Waals surface area contributed by atoms with Gasteiger partial charge in [0.05, 0.1) is 18.8 Å². The van der Waals surface area contributed by atoms with Crippen molar-refractivity contribution in [2.75, 3.05) is 25.7 Å². The fourth-order valence-electron chi connectivity index (χ4n) is 4.49. The molecule has 198 valence electrons. The van der Waals surface area contributed by atoms with Gasteiger partial charge in [0.2, 0.25) is 5.43 Å². The van der Waals surface area contributed by atoms with Crippen molar-refractivity contribution in [1.29, 1.82) is 0 Å². The second kappa shape index (κ2) is 10.9. The Balaban J connectivity index is 1.74. The minimum atomic E-state index is -0.688. The lowest BCUT2D eigenvalue weighted by molar-refractivity contribution is 0.0544. The van der Waals surface area contributed by atoms with Crippen LogP contribution in [0.15, 0.2) is 29.2 Å². The van der Waals surface area contributed by atoms with E-state index in [1.54, 1.807) is 16.6 Å². The average Bonchev–Trinajstić information content (AvgIpc) is 3.34. The van der Waals surface area contributed by atoms with Crippen LogP contribution in [0.2, 0.25) is 0 Å². The summed E-state index contributed by atoms with van der Waals surface area (Å²) in [7, 11) is 3.13. The highest BCUT2D eigenvalue weighted by atomic mass is 32.1. The number of rotatable bonds is 9. The first-order valence-corrected chi connectivity index (χ1v) is 12.8. The second-order valence-corrected chi connectivity index (χ2v) is 9.86. The van der Waals surface area contributed by atoms with Crippen LogP contribution in [0.25, 0.3) is 10.6 Å². The Morgan fingerprint density at radius 2 is 1.97 bits per heavy atom. The van der Waals surface area contributed by atoms with Gasteiger partial charge in [-0.15, -0.1) is 10.2 Å². The highest BCUT2D eigenvalue weighted by molar-refractivity contribution is 7.14. The summed E-state index contributed by atoms with van der Waals surface area (Å²) in [5, 5.41) is 20.9. The maximum Gasteiger partial charge on any atom is 0.278 e. The normalized spacial score (nSPS) is 16.2. The molecule has 2 aromatic heterocycles. The van der Waals surface area contributed by atoms with Gasteiger partial charge in [-0.2, -0.15) is 0 Å². The number of aromatic nitrogens is 3. The summed E-state index contributed by atoms with van der Waals surface area (Å²) in [6.45, 7) is 4.17. The van der Waals surface area contributed by atoms with Crippen molar-refractivity contribution < 1.29 is 23.4 Å². The largest absolute Gasteiger partial charge is 0.491 e. The van der Waals surface area contributed by atoms with Gasteiger partial charge in [0, 0.05) is 32.3 Å². The minimum absolute atomic E-state index is 0.0822. The van der Waals surface area contributed by atoms with E-state index in [4.69, 9.17) is 4.74 Å². The number of nitrogens with zero attached hydrogens (tertiary/aromatic N) is 5. The molecule has 1 aliphatic heterocycles. The third-order valence-corrected chi connectivity index (χ3v) is 7.53. The van der Waals surface area contributed by atoms with Crippen molar-refractivity contribution in [3.8, 4) is 16.3 Å². The number of aliphatic hydroxyl groups is 1. The lowest BCUT2D eigenvalue weighted by Gasteiger charge is -2.45. The molecule has 0 saturated heterocycles. The maximum absolute atomic E-state index is 14.1. The van der Waals surface area contributed by atoms with Crippen molar-refractivity contribution in [3.05, 3.63) is 62.5 Å². The smallest absolute Gasteiger partial charge is 0.278 e. The van der Waals surface area contributed by atoms with E-state index in [1.165, 1.54) is 25.4 Å². The van der Waals surface area contributed by atoms with E-state index in [0.29, 0.717) is 30.8 Å². The average molecular weight is 534 g/mol. The van der Waals surface area contributed by atoms with E-state index in [1.807, 2.05) is 18.9 Å². The molecule has 12 heteroatoms. The second-order valence-electron chi connectivity index (χ2n) is 8.80. The first kappa shape index (κ1) is 26.7. The lowest BCUT2D eigenvalue weighted by atomic mass is 10.1. The quantitative estimate of drug-likeness (QED) is 0.451. The molecule has 0 fully saturated rings. The molecule has 0 saturated carbocycles. The molecule has 3 heterocycles. The molecule has 1 aliphatic rings. The van der Waals surface area contributed by atoms with E-state index in [-0.39, 0.29) is 46.1 Å². The highest BCUT2D eigenvalue weighted by Crippen LogP contribution is 2.31. The molecular weight excluding hydrogens is 504 g/mol. The third kappa shape index (κ3) is 5.08. The summed E-state index contributed by atoms with van der Waals surface area (Å²) < 4.78 is 34.4. The minimum Gasteiger partial charge on any atom is -0.491 e. The van der Waals surface area contributed by atoms with Crippen LogP contribution in [0.1, 0.15) is 54.2 Å². The summed E-state index contributed by atoms with van der Waals surface area (Å²) in [5.41, 5.74) is 0.0277. The number of pyridine rings is 1. The van der Waals surface area contributed by atoms with Crippen molar-refractivity contribution in [2.24, 2.45) is 0 Å². The SMILES string of the molecule is CCC(O)CCC1N(CC)C(=O)c2c(OC)c(=O)c(-c3nnc(Cc4ccc(F)cc4F)s3)cn2N1C. The molecule has 0 radical (unpaired) electrons. The summed E-state index contributed by atoms with van der Waals surface area (Å²) in [6, 6.07) is 3.32. The number of hydrogen-bond acceptors (Lipinski definition) is 8. The standard InChI is InChI=1S/C25H29F2N5O4S/c1-5-16(33)9-10-20-30(3)32-13-17(22(34)23(36-4)21(32)25(35)31(20)6-2)24-29-28-19(37-24)11-14-7-8-15(26)12-18(14)27/h7-8,12-13,16,20,33H,5-6,9-11H2,1-4H3. The first-order chi connectivity index (χ1) is 17.7. The summed E-state index contributed by atoms with van der Waals surface area (Å²) in [4.78, 5) is 28.5. The Labute approximate surface area is 216 Å². The van der Waals surface area contributed by atoms with Crippen LogP contribution in [-0.4, -0.2) is 63.8 Å². The number of amides is 1. The monoisotopic (exact) mass is 533 g/mol. The van der Waals surface area contributed by atoms with E-state index in [9.17, 15) is 23.5 Å². The Morgan fingerprint density at radius 3 is 2.62 bits per heavy atom. The topological polar surface area (TPSA) is 101 Å². The van der Waals surface area contributed by atoms with Crippen LogP contribution in [-0.2, 0) is 6.42 Å². The number of carbonyl (C=O) groups is 1. The van der Waals surface area contributed by atoms with E-state index in [0.717, 1.165) is 17.4 Å². The van der Waals surface area contributed by atoms with E-state index in [2.05, 4.69) is 10.2 Å². The van der Waals surface area contributed by atoms with Crippen molar-refractivity contribution >= 4 is 17.2 Å². The van der Waals surface area contributed by atoms with E-state index >= 15 is 0 Å². The van der Waals surface area contributed by atoms with Crippen LogP contribution in [0, 0.1) is 11.6 Å². The van der Waals surface area contributed by atoms with E-state index < -0.39 is 23.2 Å². The molecule has 1 amide bonds. The third-order valence-electron chi connectivity index (χ3n) is 6.57. The lowest BCUT2D eigenvalue weighted by Crippen LogP contribution is -2.60. The number of methoxy groups -OCH3 is 1. The molecule has 3 aromatic rings. The van der Waals surface area contributed by atoms with Gasteiger partial charge in [-0.25, -0.2) is 8.78 Å². The Bertz CT molecular complexity index is 1360. The number of hydrogen-bond donors (Lipinski definition) is 1. The number of aliphatic hydroxyl groups excluding tert-OH is 1. The molecule has 1 N–H and O–H groups in total. The van der Waals surface area contributed by atoms with Gasteiger partial charge < -0.3 is 14.7 Å². The maximum atomic E-state index is 14.1. The van der Waals surface area contributed by atoms with Crippen molar-refractivity contribution in [1.82, 2.24) is 19.8 Å². The van der Waals surface area contributed by atoms with Crippen molar-refractivity contribution in [2.45, 2.75) is 51.8 Å². The Kier molecular flexibility index (Phi) is 7.88. The molecule has 0 aliphatic carbocycles. The van der Waals surface area contributed by atoms with Gasteiger partial charge in [0.1, 0.15) is 22.8 Å². The van der Waals surface area contributed by atoms with Gasteiger partial charge in [-0.1, -0.05) is 24.3 Å². The van der Waals surface area contributed by atoms with Gasteiger partial charge in [-0.3, -0.25) is 19.3 Å². The zero-order valence-electron chi connectivity index (χ0n) is 21.1. The number of benzene rings is 1. The summed E-state index contributed by atoms with van der Waals surface area (Å²) in [5.74, 6) is -1.81. The Morgan fingerprint density at radius 1 is 1.22 bits per heavy atom. The molecule has 0 spiro atoms. The number of ether oxygens (including phenoxy) is 1. The zero-order valence-corrected chi connectivity index (χ0v) is 21.9. The van der Waals surface area contributed by atoms with Crippen LogP contribution in [0.5, 0.6) is 5.75 Å². The molecule has 1 aromatic carbocycles. The van der Waals surface area contributed by atoms with Gasteiger partial charge in [0.15, 0.2) is 16.5 Å². The fraction of sp³-hybridized carbons (Fsp3) is 0.440. The van der Waals surface area contributed by atoms with Crippen LogP contribution in [0.3, 0.4) is 0 Å². The molecular formula is C25H29F2N5O4S. The predicted molar refractivity (Wildman–Crippen MR) is 135 cm³/mol. The molecule has 4 rings (SSSR count). The van der Waals surface area contributed by atoms with Gasteiger partial charge >= 0.3 is 0 Å².